The van der Waals surface area contributed by atoms with Crippen LogP contribution in [0, 0.1) is 5.82 Å². The number of benzene rings is 1. The summed E-state index contributed by atoms with van der Waals surface area (Å²) < 4.78 is 19.5. The lowest BCUT2D eigenvalue weighted by atomic mass is 10.1. The monoisotopic (exact) mass is 280 g/mol. The molecule has 4 heteroatoms. The summed E-state index contributed by atoms with van der Waals surface area (Å²) in [6, 6.07) is 5.33. The highest BCUT2D eigenvalue weighted by atomic mass is 19.1. The molecule has 1 N–H and O–H groups in total. The van der Waals surface area contributed by atoms with Crippen LogP contribution < -0.4 is 10.2 Å². The molecular weight excluding hydrogens is 255 g/mol. The number of anilines is 1. The van der Waals surface area contributed by atoms with Crippen LogP contribution >= 0.6 is 0 Å². The summed E-state index contributed by atoms with van der Waals surface area (Å²) in [6.45, 7) is 8.34. The zero-order valence-electron chi connectivity index (χ0n) is 12.5. The zero-order chi connectivity index (χ0) is 14.4. The summed E-state index contributed by atoms with van der Waals surface area (Å²) in [7, 11) is 0. The minimum Gasteiger partial charge on any atom is -0.375 e. The third-order valence-electron chi connectivity index (χ3n) is 3.66. The lowest BCUT2D eigenvalue weighted by Crippen LogP contribution is -2.42. The second-order valence-corrected chi connectivity index (χ2v) is 5.34. The molecule has 0 radical (unpaired) electrons. The van der Waals surface area contributed by atoms with Crippen molar-refractivity contribution in [3.05, 3.63) is 29.6 Å². The number of morpholine rings is 1. The van der Waals surface area contributed by atoms with E-state index in [4.69, 9.17) is 4.74 Å². The number of rotatable bonds is 6. The molecule has 3 nitrogen and oxygen atoms in total. The van der Waals surface area contributed by atoms with Crippen LogP contribution in [0.2, 0.25) is 0 Å². The summed E-state index contributed by atoms with van der Waals surface area (Å²) in [5.41, 5.74) is 1.98. The van der Waals surface area contributed by atoms with E-state index in [1.807, 2.05) is 0 Å². The van der Waals surface area contributed by atoms with Crippen LogP contribution in [0.5, 0.6) is 0 Å². The number of nitrogens with zero attached hydrogens (tertiary/aromatic N) is 1. The largest absolute Gasteiger partial charge is 0.375 e. The minimum atomic E-state index is -0.157. The van der Waals surface area contributed by atoms with Crippen molar-refractivity contribution in [1.82, 2.24) is 5.32 Å². The van der Waals surface area contributed by atoms with Gasteiger partial charge in [-0.3, -0.25) is 0 Å². The van der Waals surface area contributed by atoms with E-state index < -0.39 is 0 Å². The van der Waals surface area contributed by atoms with Gasteiger partial charge in [-0.05, 0) is 43.1 Å². The van der Waals surface area contributed by atoms with Crippen molar-refractivity contribution in [2.75, 3.05) is 31.1 Å². The Balaban J connectivity index is 2.06. The van der Waals surface area contributed by atoms with Crippen LogP contribution in [0.3, 0.4) is 0 Å². The first kappa shape index (κ1) is 15.3. The van der Waals surface area contributed by atoms with Crippen LogP contribution in [0.15, 0.2) is 18.2 Å². The SMILES string of the molecule is CCCNCc1cc(F)cc(N2CCOC(CC)C2)c1. The molecule has 1 unspecified atom stereocenters. The Labute approximate surface area is 121 Å². The van der Waals surface area contributed by atoms with Gasteiger partial charge in [-0.2, -0.15) is 0 Å². The summed E-state index contributed by atoms with van der Waals surface area (Å²) >= 11 is 0. The van der Waals surface area contributed by atoms with Gasteiger partial charge in [-0.15, -0.1) is 0 Å². The molecule has 20 heavy (non-hydrogen) atoms. The van der Waals surface area contributed by atoms with Gasteiger partial charge >= 0.3 is 0 Å². The van der Waals surface area contributed by atoms with Crippen LogP contribution in [-0.4, -0.2) is 32.3 Å². The van der Waals surface area contributed by atoms with Crippen LogP contribution in [0.1, 0.15) is 32.3 Å². The van der Waals surface area contributed by atoms with E-state index in [-0.39, 0.29) is 11.9 Å². The zero-order valence-corrected chi connectivity index (χ0v) is 12.5. The molecule has 1 aromatic carbocycles. The molecule has 0 aromatic heterocycles. The number of nitrogens with one attached hydrogen (secondary N) is 1. The van der Waals surface area contributed by atoms with Crippen LogP contribution in [0.4, 0.5) is 10.1 Å². The Morgan fingerprint density at radius 2 is 2.20 bits per heavy atom. The maximum absolute atomic E-state index is 13.8. The van der Waals surface area contributed by atoms with Crippen molar-refractivity contribution in [2.24, 2.45) is 0 Å². The smallest absolute Gasteiger partial charge is 0.125 e. The Morgan fingerprint density at radius 3 is 2.95 bits per heavy atom. The standard InChI is InChI=1S/C16H25FN2O/c1-3-5-18-11-13-8-14(17)10-15(9-13)19-6-7-20-16(4-2)12-19/h8-10,16,18H,3-7,11-12H2,1-2H3. The van der Waals surface area contributed by atoms with Crippen molar-refractivity contribution in [3.8, 4) is 0 Å². The average molecular weight is 280 g/mol. The summed E-state index contributed by atoms with van der Waals surface area (Å²) in [4.78, 5) is 2.23. The average Bonchev–Trinajstić information content (AvgIpc) is 2.47. The van der Waals surface area contributed by atoms with Crippen molar-refractivity contribution in [2.45, 2.75) is 39.3 Å². The molecular formula is C16H25FN2O. The fourth-order valence-corrected chi connectivity index (χ4v) is 2.53. The van der Waals surface area contributed by atoms with Gasteiger partial charge in [0, 0.05) is 25.3 Å². The van der Waals surface area contributed by atoms with Gasteiger partial charge in [0.15, 0.2) is 0 Å². The van der Waals surface area contributed by atoms with Crippen molar-refractivity contribution in [1.29, 1.82) is 0 Å². The number of hydrogen-bond acceptors (Lipinski definition) is 3. The highest BCUT2D eigenvalue weighted by Gasteiger charge is 2.19. The van der Waals surface area contributed by atoms with Gasteiger partial charge in [0.1, 0.15) is 5.82 Å². The molecule has 1 fully saturated rings. The van der Waals surface area contributed by atoms with Gasteiger partial charge in [0.25, 0.3) is 0 Å². The molecule has 1 aliphatic rings. The molecule has 1 aromatic rings. The van der Waals surface area contributed by atoms with Crippen molar-refractivity contribution in [3.63, 3.8) is 0 Å². The van der Waals surface area contributed by atoms with E-state index in [1.54, 1.807) is 12.1 Å². The first-order chi connectivity index (χ1) is 9.72. The molecule has 0 spiro atoms. The van der Waals surface area contributed by atoms with Gasteiger partial charge in [-0.25, -0.2) is 4.39 Å². The number of ether oxygens (including phenoxy) is 1. The van der Waals surface area contributed by atoms with Crippen LogP contribution in [-0.2, 0) is 11.3 Å². The van der Waals surface area contributed by atoms with Gasteiger partial charge < -0.3 is 15.0 Å². The fourth-order valence-electron chi connectivity index (χ4n) is 2.53. The van der Waals surface area contributed by atoms with E-state index >= 15 is 0 Å². The predicted octanol–water partition coefficient (Wildman–Crippen LogP) is 2.94. The van der Waals surface area contributed by atoms with Gasteiger partial charge in [0.05, 0.1) is 12.7 Å². The normalized spacial score (nSPS) is 19.4. The van der Waals surface area contributed by atoms with E-state index in [0.717, 1.165) is 56.9 Å². The molecule has 1 heterocycles. The topological polar surface area (TPSA) is 24.5 Å². The van der Waals surface area contributed by atoms with Gasteiger partial charge in [0.2, 0.25) is 0 Å². The molecule has 1 aliphatic heterocycles. The molecule has 1 atom stereocenters. The molecule has 0 saturated carbocycles. The number of halogens is 1. The first-order valence-corrected chi connectivity index (χ1v) is 7.59. The van der Waals surface area contributed by atoms with Crippen LogP contribution in [0.25, 0.3) is 0 Å². The molecule has 2 rings (SSSR count). The molecule has 112 valence electrons. The summed E-state index contributed by atoms with van der Waals surface area (Å²) in [5, 5.41) is 3.32. The minimum absolute atomic E-state index is 0.157. The maximum atomic E-state index is 13.8. The number of hydrogen-bond donors (Lipinski definition) is 1. The third kappa shape index (κ3) is 4.18. The fraction of sp³-hybridized carbons (Fsp3) is 0.625. The molecule has 0 aliphatic carbocycles. The first-order valence-electron chi connectivity index (χ1n) is 7.59. The van der Waals surface area contributed by atoms with E-state index in [1.165, 1.54) is 0 Å². The van der Waals surface area contributed by atoms with Crippen molar-refractivity contribution >= 4 is 5.69 Å². The summed E-state index contributed by atoms with van der Waals surface area (Å²) in [5.74, 6) is -0.157. The second-order valence-electron chi connectivity index (χ2n) is 5.34. The third-order valence-corrected chi connectivity index (χ3v) is 3.66. The van der Waals surface area contributed by atoms with Crippen molar-refractivity contribution < 1.29 is 9.13 Å². The van der Waals surface area contributed by atoms with E-state index in [0.29, 0.717) is 0 Å². The highest BCUT2D eigenvalue weighted by molar-refractivity contribution is 5.49. The Hall–Kier alpha value is -1.13. The Kier molecular flexibility index (Phi) is 5.80. The Morgan fingerprint density at radius 1 is 1.35 bits per heavy atom. The predicted molar refractivity (Wildman–Crippen MR) is 80.6 cm³/mol. The molecule has 0 amide bonds. The van der Waals surface area contributed by atoms with Gasteiger partial charge in [-0.1, -0.05) is 13.8 Å². The molecule has 0 bridgehead atoms. The maximum Gasteiger partial charge on any atom is 0.125 e. The lowest BCUT2D eigenvalue weighted by molar-refractivity contribution is 0.0384. The molecule has 1 saturated heterocycles. The lowest BCUT2D eigenvalue weighted by Gasteiger charge is -2.34. The van der Waals surface area contributed by atoms with E-state index in [9.17, 15) is 4.39 Å². The second kappa shape index (κ2) is 7.60. The summed E-state index contributed by atoms with van der Waals surface area (Å²) in [6.07, 6.45) is 2.34. The quantitative estimate of drug-likeness (QED) is 0.811. The van der Waals surface area contributed by atoms with E-state index in [2.05, 4.69) is 30.1 Å². The highest BCUT2D eigenvalue weighted by Crippen LogP contribution is 2.22. The Bertz CT molecular complexity index is 425.